The van der Waals surface area contributed by atoms with Gasteiger partial charge in [-0.2, -0.15) is 0 Å². The molecule has 2 unspecified atom stereocenters. The van der Waals surface area contributed by atoms with Crippen LogP contribution in [0.1, 0.15) is 75.0 Å². The molecule has 2 aromatic carbocycles. The first-order valence-corrected chi connectivity index (χ1v) is 15.9. The van der Waals surface area contributed by atoms with Gasteiger partial charge < -0.3 is 4.90 Å². The fourth-order valence-corrected chi connectivity index (χ4v) is 7.94. The summed E-state index contributed by atoms with van der Waals surface area (Å²) in [6.07, 6.45) is 7.11. The number of carbonyl (C=O) groups is 1. The van der Waals surface area contributed by atoms with E-state index in [0.29, 0.717) is 42.1 Å². The van der Waals surface area contributed by atoms with Gasteiger partial charge in [-0.3, -0.25) is 4.79 Å². The fraction of sp³-hybridized carbons (Fsp3) is 0.500. The second-order valence-electron chi connectivity index (χ2n) is 11.2. The molecule has 38 heavy (non-hydrogen) atoms. The van der Waals surface area contributed by atoms with E-state index in [9.17, 15) is 13.2 Å². The number of sulfonamides is 1. The Balaban J connectivity index is 1.64. The SMILES string of the molecule is C=CC[C@@]1(CC)C[C@H](c2cccc(Cl)c2)C(c2ccc(Cl)cc2)N(C(CNS(=O)(=O)C2CC2)C2CC2)C1=O. The first kappa shape index (κ1) is 27.7. The van der Waals surface area contributed by atoms with Crippen molar-refractivity contribution < 1.29 is 13.2 Å². The molecular formula is C30H36Cl2N2O3S. The van der Waals surface area contributed by atoms with Crippen LogP contribution in [0.3, 0.4) is 0 Å². The zero-order valence-corrected chi connectivity index (χ0v) is 24.1. The van der Waals surface area contributed by atoms with Gasteiger partial charge in [0.15, 0.2) is 0 Å². The largest absolute Gasteiger partial charge is 0.330 e. The predicted molar refractivity (Wildman–Crippen MR) is 154 cm³/mol. The minimum Gasteiger partial charge on any atom is -0.330 e. The highest BCUT2D eigenvalue weighted by molar-refractivity contribution is 7.90. The van der Waals surface area contributed by atoms with Crippen molar-refractivity contribution in [3.05, 3.63) is 82.4 Å². The summed E-state index contributed by atoms with van der Waals surface area (Å²) in [5, 5.41) is 0.982. The Hall–Kier alpha value is -1.86. The van der Waals surface area contributed by atoms with Crippen molar-refractivity contribution in [2.75, 3.05) is 6.54 Å². The van der Waals surface area contributed by atoms with Gasteiger partial charge in [0.1, 0.15) is 0 Å². The van der Waals surface area contributed by atoms with Crippen molar-refractivity contribution in [3.63, 3.8) is 0 Å². The summed E-state index contributed by atoms with van der Waals surface area (Å²) in [5.74, 6) is 0.307. The third-order valence-corrected chi connectivity index (χ3v) is 11.1. The third kappa shape index (κ3) is 5.56. The molecule has 204 valence electrons. The number of piperidine rings is 1. The van der Waals surface area contributed by atoms with Gasteiger partial charge in [0, 0.05) is 28.5 Å². The van der Waals surface area contributed by atoms with Crippen molar-refractivity contribution in [3.8, 4) is 0 Å². The maximum Gasteiger partial charge on any atom is 0.229 e. The molecule has 8 heteroatoms. The number of halogens is 2. The summed E-state index contributed by atoms with van der Waals surface area (Å²) in [6.45, 7) is 6.30. The molecule has 0 spiro atoms. The van der Waals surface area contributed by atoms with Gasteiger partial charge in [0.25, 0.3) is 0 Å². The topological polar surface area (TPSA) is 66.5 Å². The lowest BCUT2D eigenvalue weighted by Gasteiger charge is -2.53. The van der Waals surface area contributed by atoms with E-state index >= 15 is 0 Å². The normalized spacial score (nSPS) is 26.8. The zero-order valence-electron chi connectivity index (χ0n) is 21.8. The molecule has 3 aliphatic rings. The van der Waals surface area contributed by atoms with Gasteiger partial charge in [0.05, 0.1) is 16.7 Å². The first-order chi connectivity index (χ1) is 18.2. The molecule has 0 radical (unpaired) electrons. The lowest BCUT2D eigenvalue weighted by Crippen LogP contribution is -2.59. The molecule has 2 aliphatic carbocycles. The molecule has 4 atom stereocenters. The van der Waals surface area contributed by atoms with E-state index in [1.54, 1.807) is 0 Å². The predicted octanol–water partition coefficient (Wildman–Crippen LogP) is 6.88. The molecule has 1 saturated heterocycles. The molecule has 1 aliphatic heterocycles. The van der Waals surface area contributed by atoms with E-state index in [0.717, 1.165) is 24.0 Å². The van der Waals surface area contributed by atoms with Gasteiger partial charge in [-0.05, 0) is 86.3 Å². The Morgan fingerprint density at radius 1 is 1.08 bits per heavy atom. The van der Waals surface area contributed by atoms with Crippen LogP contribution in [0.5, 0.6) is 0 Å². The molecule has 3 fully saturated rings. The van der Waals surface area contributed by atoms with Crippen molar-refractivity contribution in [1.29, 1.82) is 0 Å². The standard InChI is InChI=1S/C30H36Cl2N2O3S/c1-3-16-30(4-2)18-26(22-6-5-7-24(32)17-22)28(21-10-12-23(31)13-11-21)34(29(30)35)27(20-8-9-20)19-33-38(36,37)25-14-15-25/h3,5-7,10-13,17,20,25-28,33H,1,4,8-9,14-16,18-19H2,2H3/t26-,27?,28?,30+/m1/s1. The third-order valence-electron chi connectivity index (χ3n) is 8.66. The zero-order chi connectivity index (χ0) is 27.1. The molecular weight excluding hydrogens is 539 g/mol. The summed E-state index contributed by atoms with van der Waals surface area (Å²) in [7, 11) is -3.39. The van der Waals surface area contributed by atoms with E-state index in [1.807, 2.05) is 53.4 Å². The Morgan fingerprint density at radius 2 is 1.79 bits per heavy atom. The number of likely N-dealkylation sites (tertiary alicyclic amines) is 1. The quantitative estimate of drug-likeness (QED) is 0.297. The van der Waals surface area contributed by atoms with Gasteiger partial charge in [0.2, 0.25) is 15.9 Å². The minimum atomic E-state index is -3.39. The number of allylic oxidation sites excluding steroid dienone is 1. The summed E-state index contributed by atoms with van der Waals surface area (Å²) in [6, 6.07) is 15.1. The number of nitrogens with zero attached hydrogens (tertiary/aromatic N) is 1. The average molecular weight is 576 g/mol. The van der Waals surface area contributed by atoms with Crippen LogP contribution in [0, 0.1) is 11.3 Å². The van der Waals surface area contributed by atoms with Crippen LogP contribution in [0.4, 0.5) is 0 Å². The van der Waals surface area contributed by atoms with Crippen molar-refractivity contribution in [1.82, 2.24) is 9.62 Å². The average Bonchev–Trinajstić information content (AvgIpc) is 3.80. The number of carbonyl (C=O) groups excluding carboxylic acids is 1. The Labute approximate surface area is 236 Å². The highest BCUT2D eigenvalue weighted by atomic mass is 35.5. The fourth-order valence-electron chi connectivity index (χ4n) is 6.22. The molecule has 2 saturated carbocycles. The lowest BCUT2D eigenvalue weighted by molar-refractivity contribution is -0.156. The Morgan fingerprint density at radius 3 is 2.37 bits per heavy atom. The van der Waals surface area contributed by atoms with Crippen LogP contribution >= 0.6 is 23.2 Å². The summed E-state index contributed by atoms with van der Waals surface area (Å²) in [5.41, 5.74) is 1.44. The number of rotatable bonds is 11. The van der Waals surface area contributed by atoms with E-state index in [2.05, 4.69) is 24.3 Å². The lowest BCUT2D eigenvalue weighted by atomic mass is 9.65. The molecule has 0 bridgehead atoms. The Bertz CT molecular complexity index is 1290. The van der Waals surface area contributed by atoms with Crippen molar-refractivity contribution >= 4 is 39.1 Å². The number of hydrogen-bond acceptors (Lipinski definition) is 3. The molecule has 5 nitrogen and oxygen atoms in total. The number of hydrogen-bond donors (Lipinski definition) is 1. The summed E-state index contributed by atoms with van der Waals surface area (Å²) >= 11 is 12.7. The monoisotopic (exact) mass is 574 g/mol. The molecule has 2 aromatic rings. The summed E-state index contributed by atoms with van der Waals surface area (Å²) in [4.78, 5) is 16.7. The highest BCUT2D eigenvalue weighted by Crippen LogP contribution is 2.55. The Kier molecular flexibility index (Phi) is 7.99. The van der Waals surface area contributed by atoms with Crippen molar-refractivity contribution in [2.24, 2.45) is 11.3 Å². The second kappa shape index (κ2) is 11.0. The number of benzene rings is 2. The van der Waals surface area contributed by atoms with E-state index < -0.39 is 15.4 Å². The molecule has 1 amide bonds. The minimum absolute atomic E-state index is 0.0336. The van der Waals surface area contributed by atoms with Crippen LogP contribution in [0.15, 0.2) is 61.2 Å². The maximum atomic E-state index is 14.7. The van der Waals surface area contributed by atoms with Crippen LogP contribution in [0.25, 0.3) is 0 Å². The van der Waals surface area contributed by atoms with Crippen LogP contribution in [-0.2, 0) is 14.8 Å². The second-order valence-corrected chi connectivity index (χ2v) is 14.1. The highest BCUT2D eigenvalue weighted by Gasteiger charge is 2.54. The molecule has 0 aromatic heterocycles. The summed E-state index contributed by atoms with van der Waals surface area (Å²) < 4.78 is 28.6. The maximum absolute atomic E-state index is 14.7. The van der Waals surface area contributed by atoms with E-state index in [-0.39, 0.29) is 41.6 Å². The van der Waals surface area contributed by atoms with Gasteiger partial charge in [-0.15, -0.1) is 6.58 Å². The van der Waals surface area contributed by atoms with Crippen LogP contribution in [0.2, 0.25) is 10.0 Å². The van der Waals surface area contributed by atoms with Gasteiger partial charge in [-0.25, -0.2) is 13.1 Å². The van der Waals surface area contributed by atoms with E-state index in [4.69, 9.17) is 23.2 Å². The van der Waals surface area contributed by atoms with E-state index in [1.165, 1.54) is 0 Å². The van der Waals surface area contributed by atoms with Crippen LogP contribution < -0.4 is 4.72 Å². The molecule has 5 rings (SSSR count). The molecule has 1 heterocycles. The van der Waals surface area contributed by atoms with Gasteiger partial charge >= 0.3 is 0 Å². The number of nitrogens with one attached hydrogen (secondary N) is 1. The smallest absolute Gasteiger partial charge is 0.229 e. The molecule has 1 N–H and O–H groups in total. The number of amides is 1. The van der Waals surface area contributed by atoms with Gasteiger partial charge in [-0.1, -0.05) is 60.5 Å². The van der Waals surface area contributed by atoms with Crippen LogP contribution in [-0.4, -0.2) is 37.1 Å². The first-order valence-electron chi connectivity index (χ1n) is 13.6. The van der Waals surface area contributed by atoms with Crippen molar-refractivity contribution in [2.45, 2.75) is 75.1 Å².